The monoisotopic (exact) mass is 180 g/mol. The van der Waals surface area contributed by atoms with Crippen LogP contribution >= 0.6 is 8.58 Å². The summed E-state index contributed by atoms with van der Waals surface area (Å²) >= 11 is 0. The highest BCUT2D eigenvalue weighted by molar-refractivity contribution is 7.45. The standard InChI is InChI=1S/C11H17P/c1-3-6-10(4-2)11-7-5-8-12-9-11/h7-10,12H,3-4,6H2,1-2H3. The van der Waals surface area contributed by atoms with Crippen molar-refractivity contribution in [1.29, 1.82) is 0 Å². The fourth-order valence-corrected chi connectivity index (χ4v) is 2.33. The van der Waals surface area contributed by atoms with Crippen molar-refractivity contribution in [2.75, 3.05) is 0 Å². The molecule has 0 aromatic heterocycles. The predicted molar refractivity (Wildman–Crippen MR) is 57.7 cm³/mol. The van der Waals surface area contributed by atoms with E-state index in [2.05, 4.69) is 37.3 Å². The van der Waals surface area contributed by atoms with E-state index >= 15 is 0 Å². The zero-order valence-corrected chi connectivity index (χ0v) is 8.93. The van der Waals surface area contributed by atoms with Gasteiger partial charge in [-0.3, -0.25) is 0 Å². The maximum Gasteiger partial charge on any atom is -0.0158 e. The molecule has 1 rings (SSSR count). The van der Waals surface area contributed by atoms with Crippen molar-refractivity contribution in [1.82, 2.24) is 0 Å². The van der Waals surface area contributed by atoms with Crippen molar-refractivity contribution in [3.63, 3.8) is 0 Å². The van der Waals surface area contributed by atoms with Gasteiger partial charge in [0.05, 0.1) is 0 Å². The molecule has 0 saturated heterocycles. The van der Waals surface area contributed by atoms with E-state index < -0.39 is 0 Å². The third kappa shape index (κ3) is 2.63. The minimum Gasteiger partial charge on any atom is -0.120 e. The maximum atomic E-state index is 3.20. The lowest BCUT2D eigenvalue weighted by Gasteiger charge is -2.15. The Bertz CT molecular complexity index is 219. The van der Waals surface area contributed by atoms with Gasteiger partial charge in [0, 0.05) is 0 Å². The average Bonchev–Trinajstić information content (AvgIpc) is 2.15. The first-order valence-electron chi connectivity index (χ1n) is 4.75. The number of allylic oxidation sites excluding steroid dienone is 2. The summed E-state index contributed by atoms with van der Waals surface area (Å²) in [6.45, 7) is 4.53. The molecule has 1 heteroatoms. The van der Waals surface area contributed by atoms with Gasteiger partial charge in [0.2, 0.25) is 0 Å². The summed E-state index contributed by atoms with van der Waals surface area (Å²) in [5, 5.41) is 0. The van der Waals surface area contributed by atoms with Crippen molar-refractivity contribution in [2.24, 2.45) is 5.92 Å². The molecule has 12 heavy (non-hydrogen) atoms. The van der Waals surface area contributed by atoms with E-state index in [-0.39, 0.29) is 0 Å². The highest BCUT2D eigenvalue weighted by atomic mass is 31.1. The Kier molecular flexibility index (Phi) is 4.36. The van der Waals surface area contributed by atoms with Crippen molar-refractivity contribution in [2.45, 2.75) is 33.1 Å². The summed E-state index contributed by atoms with van der Waals surface area (Å²) in [5.74, 6) is 5.26. The number of hydrogen-bond donors (Lipinski definition) is 0. The van der Waals surface area contributed by atoms with E-state index in [1.54, 1.807) is 0 Å². The van der Waals surface area contributed by atoms with Gasteiger partial charge >= 0.3 is 0 Å². The zero-order valence-electron chi connectivity index (χ0n) is 7.93. The van der Waals surface area contributed by atoms with Crippen LogP contribution in [0.5, 0.6) is 0 Å². The molecule has 0 bridgehead atoms. The molecule has 0 nitrogen and oxygen atoms in total. The van der Waals surface area contributed by atoms with Crippen molar-refractivity contribution >= 4 is 8.58 Å². The first-order valence-corrected chi connectivity index (χ1v) is 5.91. The van der Waals surface area contributed by atoms with Crippen LogP contribution in [-0.4, -0.2) is 0 Å². The SMILES string of the molecule is CCCC(CC)C1=CPC=C=C1. The molecule has 0 aromatic rings. The second-order valence-corrected chi connectivity index (χ2v) is 4.07. The molecule has 0 fully saturated rings. The molecule has 1 heterocycles. The molecule has 0 spiro atoms. The van der Waals surface area contributed by atoms with Crippen LogP contribution in [-0.2, 0) is 0 Å². The van der Waals surface area contributed by atoms with Crippen molar-refractivity contribution in [3.8, 4) is 0 Å². The lowest BCUT2D eigenvalue weighted by Crippen LogP contribution is -2.00. The fraction of sp³-hybridized carbons (Fsp3) is 0.545. The molecule has 2 atom stereocenters. The molecule has 1 aliphatic heterocycles. The second-order valence-electron chi connectivity index (χ2n) is 3.16. The number of rotatable bonds is 4. The number of hydrogen-bond acceptors (Lipinski definition) is 0. The quantitative estimate of drug-likeness (QED) is 0.452. The first-order chi connectivity index (χ1) is 5.88. The summed E-state index contributed by atoms with van der Waals surface area (Å²) in [6.07, 6.45) is 6.03. The summed E-state index contributed by atoms with van der Waals surface area (Å²) < 4.78 is 0. The first kappa shape index (κ1) is 9.78. The average molecular weight is 180 g/mol. The predicted octanol–water partition coefficient (Wildman–Crippen LogP) is 4.06. The van der Waals surface area contributed by atoms with E-state index in [0.29, 0.717) is 0 Å². The Morgan fingerprint density at radius 3 is 2.83 bits per heavy atom. The van der Waals surface area contributed by atoms with Gasteiger partial charge in [0.25, 0.3) is 0 Å². The van der Waals surface area contributed by atoms with Crippen LogP contribution in [0, 0.1) is 5.92 Å². The van der Waals surface area contributed by atoms with Crippen LogP contribution in [0.3, 0.4) is 0 Å². The molecule has 0 radical (unpaired) electrons. The molecule has 66 valence electrons. The van der Waals surface area contributed by atoms with Crippen LogP contribution in [0.15, 0.2) is 29.0 Å². The summed E-state index contributed by atoms with van der Waals surface area (Å²) in [5.41, 5.74) is 4.72. The Morgan fingerprint density at radius 1 is 1.50 bits per heavy atom. The van der Waals surface area contributed by atoms with Crippen molar-refractivity contribution in [3.05, 3.63) is 29.0 Å². The van der Waals surface area contributed by atoms with Gasteiger partial charge in [0.15, 0.2) is 0 Å². The van der Waals surface area contributed by atoms with Crippen LogP contribution in [0.2, 0.25) is 0 Å². The van der Waals surface area contributed by atoms with Gasteiger partial charge in [-0.25, -0.2) is 0 Å². The molecular formula is C11H17P. The van der Waals surface area contributed by atoms with E-state index in [1.165, 1.54) is 24.8 Å². The summed E-state index contributed by atoms with van der Waals surface area (Å²) in [4.78, 5) is 0. The summed E-state index contributed by atoms with van der Waals surface area (Å²) in [7, 11) is 0.853. The van der Waals surface area contributed by atoms with Crippen LogP contribution < -0.4 is 0 Å². The third-order valence-corrected chi connectivity index (χ3v) is 3.10. The molecule has 1 aliphatic rings. The van der Waals surface area contributed by atoms with E-state index in [1.807, 2.05) is 0 Å². The van der Waals surface area contributed by atoms with E-state index in [0.717, 1.165) is 14.5 Å². The van der Waals surface area contributed by atoms with Crippen LogP contribution in [0.4, 0.5) is 0 Å². The largest absolute Gasteiger partial charge is 0.120 e. The van der Waals surface area contributed by atoms with Gasteiger partial charge in [-0.05, 0) is 36.2 Å². The normalized spacial score (nSPS) is 19.7. The van der Waals surface area contributed by atoms with Crippen LogP contribution in [0.25, 0.3) is 0 Å². The minimum absolute atomic E-state index is 0.781. The molecule has 0 aromatic carbocycles. The van der Waals surface area contributed by atoms with Gasteiger partial charge < -0.3 is 0 Å². The molecule has 2 unspecified atom stereocenters. The van der Waals surface area contributed by atoms with Crippen LogP contribution in [0.1, 0.15) is 33.1 Å². The van der Waals surface area contributed by atoms with Crippen molar-refractivity contribution < 1.29 is 0 Å². The second kappa shape index (κ2) is 5.36. The lowest BCUT2D eigenvalue weighted by atomic mass is 9.93. The van der Waals surface area contributed by atoms with E-state index in [4.69, 9.17) is 0 Å². The fourth-order valence-electron chi connectivity index (χ4n) is 1.56. The Hall–Kier alpha value is -0.310. The Labute approximate surface area is 77.2 Å². The lowest BCUT2D eigenvalue weighted by molar-refractivity contribution is 0.545. The molecule has 0 aliphatic carbocycles. The molecule has 0 N–H and O–H groups in total. The smallest absolute Gasteiger partial charge is 0.0158 e. The van der Waals surface area contributed by atoms with Gasteiger partial charge in [0.1, 0.15) is 0 Å². The molecule has 0 saturated carbocycles. The minimum atomic E-state index is 0.781. The molecule has 0 amide bonds. The Balaban J connectivity index is 2.59. The highest BCUT2D eigenvalue weighted by Gasteiger charge is 2.08. The topological polar surface area (TPSA) is 0 Å². The molecular weight excluding hydrogens is 163 g/mol. The maximum absolute atomic E-state index is 3.20. The zero-order chi connectivity index (χ0) is 8.81. The van der Waals surface area contributed by atoms with Gasteiger partial charge in [-0.2, -0.15) is 0 Å². The van der Waals surface area contributed by atoms with Gasteiger partial charge in [-0.15, -0.1) is 5.73 Å². The highest BCUT2D eigenvalue weighted by Crippen LogP contribution is 2.29. The third-order valence-electron chi connectivity index (χ3n) is 2.27. The van der Waals surface area contributed by atoms with E-state index in [9.17, 15) is 0 Å². The summed E-state index contributed by atoms with van der Waals surface area (Å²) in [6, 6.07) is 0. The Morgan fingerprint density at radius 2 is 2.33 bits per heavy atom. The van der Waals surface area contributed by atoms with Gasteiger partial charge in [-0.1, -0.05) is 34.7 Å².